The molecular formula is C22H27ClN2O2S. The minimum Gasteiger partial charge on any atom is -0.352 e. The minimum absolute atomic E-state index is 0.0610. The lowest BCUT2D eigenvalue weighted by Gasteiger charge is -2.30. The summed E-state index contributed by atoms with van der Waals surface area (Å²) in [5, 5.41) is 3.55. The predicted octanol–water partition coefficient (Wildman–Crippen LogP) is 4.76. The van der Waals surface area contributed by atoms with E-state index >= 15 is 0 Å². The van der Waals surface area contributed by atoms with Crippen LogP contribution in [0.15, 0.2) is 59.5 Å². The Morgan fingerprint density at radius 2 is 1.71 bits per heavy atom. The van der Waals surface area contributed by atoms with Crippen LogP contribution in [-0.4, -0.2) is 34.6 Å². The Bertz CT molecular complexity index is 785. The molecule has 28 heavy (non-hydrogen) atoms. The van der Waals surface area contributed by atoms with Gasteiger partial charge >= 0.3 is 0 Å². The van der Waals surface area contributed by atoms with Crippen molar-refractivity contribution in [2.24, 2.45) is 0 Å². The van der Waals surface area contributed by atoms with Gasteiger partial charge in [0.25, 0.3) is 0 Å². The van der Waals surface area contributed by atoms with Gasteiger partial charge in [-0.15, -0.1) is 11.8 Å². The maximum absolute atomic E-state index is 13.0. The molecule has 0 bridgehead atoms. The number of rotatable bonds is 9. The maximum Gasteiger partial charge on any atom is 0.242 e. The Morgan fingerprint density at radius 3 is 2.36 bits per heavy atom. The van der Waals surface area contributed by atoms with Crippen LogP contribution in [-0.2, 0) is 16.1 Å². The highest BCUT2D eigenvalue weighted by atomic mass is 35.5. The molecule has 0 heterocycles. The van der Waals surface area contributed by atoms with E-state index in [4.69, 9.17) is 11.6 Å². The van der Waals surface area contributed by atoms with Gasteiger partial charge in [-0.25, -0.2) is 0 Å². The normalized spacial score (nSPS) is 12.9. The molecule has 0 aliphatic rings. The molecule has 0 unspecified atom stereocenters. The van der Waals surface area contributed by atoms with Crippen molar-refractivity contribution in [1.82, 2.24) is 10.2 Å². The number of hydrogen-bond donors (Lipinski definition) is 1. The Kier molecular flexibility index (Phi) is 8.87. The summed E-state index contributed by atoms with van der Waals surface area (Å²) in [6.45, 7) is 6.03. The number of nitrogens with one attached hydrogen (secondary N) is 1. The van der Waals surface area contributed by atoms with Gasteiger partial charge in [-0.3, -0.25) is 9.59 Å². The Balaban J connectivity index is 2.15. The molecule has 0 aromatic heterocycles. The third-order valence-electron chi connectivity index (χ3n) is 4.57. The van der Waals surface area contributed by atoms with E-state index < -0.39 is 6.04 Å². The van der Waals surface area contributed by atoms with Crippen molar-refractivity contribution < 1.29 is 9.59 Å². The average molecular weight is 419 g/mol. The average Bonchev–Trinajstić information content (AvgIpc) is 2.71. The molecule has 4 nitrogen and oxygen atoms in total. The number of nitrogens with zero attached hydrogens (tertiary/aromatic N) is 1. The Morgan fingerprint density at radius 1 is 1.07 bits per heavy atom. The smallest absolute Gasteiger partial charge is 0.242 e. The van der Waals surface area contributed by atoms with Crippen LogP contribution in [0, 0.1) is 0 Å². The van der Waals surface area contributed by atoms with E-state index in [9.17, 15) is 9.59 Å². The lowest BCUT2D eigenvalue weighted by atomic mass is 10.1. The van der Waals surface area contributed by atoms with Gasteiger partial charge in [-0.2, -0.15) is 0 Å². The fraction of sp³-hybridized carbons (Fsp3) is 0.364. The number of benzene rings is 2. The van der Waals surface area contributed by atoms with E-state index in [1.54, 1.807) is 17.9 Å². The third kappa shape index (κ3) is 6.57. The van der Waals surface area contributed by atoms with Gasteiger partial charge in [-0.1, -0.05) is 54.9 Å². The molecule has 0 spiro atoms. The van der Waals surface area contributed by atoms with Crippen LogP contribution in [0.1, 0.15) is 32.8 Å². The first-order valence-corrected chi connectivity index (χ1v) is 10.8. The first kappa shape index (κ1) is 22.3. The van der Waals surface area contributed by atoms with Crippen molar-refractivity contribution in [2.75, 3.05) is 5.75 Å². The monoisotopic (exact) mass is 418 g/mol. The van der Waals surface area contributed by atoms with Gasteiger partial charge in [0.2, 0.25) is 11.8 Å². The van der Waals surface area contributed by atoms with Crippen molar-refractivity contribution in [3.63, 3.8) is 0 Å². The molecular weight excluding hydrogens is 392 g/mol. The van der Waals surface area contributed by atoms with E-state index in [-0.39, 0.29) is 23.6 Å². The molecule has 0 radical (unpaired) electrons. The Hall–Kier alpha value is -1.98. The summed E-state index contributed by atoms with van der Waals surface area (Å²) in [7, 11) is 0. The molecule has 2 rings (SSSR count). The third-order valence-corrected chi connectivity index (χ3v) is 5.94. The molecule has 0 saturated heterocycles. The van der Waals surface area contributed by atoms with Crippen molar-refractivity contribution in [1.29, 1.82) is 0 Å². The molecule has 0 saturated carbocycles. The van der Waals surface area contributed by atoms with Crippen LogP contribution < -0.4 is 5.32 Å². The van der Waals surface area contributed by atoms with E-state index in [0.717, 1.165) is 16.9 Å². The van der Waals surface area contributed by atoms with Gasteiger partial charge in [0.05, 0.1) is 5.75 Å². The van der Waals surface area contributed by atoms with Crippen LogP contribution in [0.2, 0.25) is 5.02 Å². The summed E-state index contributed by atoms with van der Waals surface area (Å²) in [6, 6.07) is 16.6. The van der Waals surface area contributed by atoms with Gasteiger partial charge in [0.1, 0.15) is 6.04 Å². The number of halogens is 1. The van der Waals surface area contributed by atoms with E-state index in [2.05, 4.69) is 5.32 Å². The lowest BCUT2D eigenvalue weighted by Crippen LogP contribution is -2.50. The van der Waals surface area contributed by atoms with E-state index in [1.165, 1.54) is 11.8 Å². The van der Waals surface area contributed by atoms with Gasteiger partial charge in [-0.05, 0) is 44.0 Å². The van der Waals surface area contributed by atoms with Crippen molar-refractivity contribution in [2.45, 2.75) is 50.7 Å². The molecule has 0 fully saturated rings. The fourth-order valence-electron chi connectivity index (χ4n) is 2.60. The number of carbonyl (C=O) groups excluding carboxylic acids is 2. The molecule has 2 amide bonds. The second-order valence-electron chi connectivity index (χ2n) is 6.71. The van der Waals surface area contributed by atoms with E-state index in [0.29, 0.717) is 11.6 Å². The maximum atomic E-state index is 13.0. The highest BCUT2D eigenvalue weighted by Gasteiger charge is 2.27. The van der Waals surface area contributed by atoms with Gasteiger partial charge in [0, 0.05) is 22.5 Å². The zero-order chi connectivity index (χ0) is 20.5. The van der Waals surface area contributed by atoms with Crippen molar-refractivity contribution >= 4 is 35.2 Å². The van der Waals surface area contributed by atoms with Crippen LogP contribution >= 0.6 is 23.4 Å². The molecule has 2 aromatic rings. The summed E-state index contributed by atoms with van der Waals surface area (Å²) >= 11 is 7.76. The molecule has 0 aliphatic carbocycles. The molecule has 0 aliphatic heterocycles. The van der Waals surface area contributed by atoms with Crippen molar-refractivity contribution in [3.8, 4) is 0 Å². The summed E-state index contributed by atoms with van der Waals surface area (Å²) in [5.74, 6) is 0.00938. The highest BCUT2D eigenvalue weighted by molar-refractivity contribution is 8.00. The van der Waals surface area contributed by atoms with Crippen LogP contribution in [0.5, 0.6) is 0 Å². The second kappa shape index (κ2) is 11.1. The zero-order valence-corrected chi connectivity index (χ0v) is 18.1. The van der Waals surface area contributed by atoms with Gasteiger partial charge in [0.15, 0.2) is 0 Å². The highest BCUT2D eigenvalue weighted by Crippen LogP contribution is 2.22. The summed E-state index contributed by atoms with van der Waals surface area (Å²) in [4.78, 5) is 28.3. The molecule has 150 valence electrons. The molecule has 6 heteroatoms. The summed E-state index contributed by atoms with van der Waals surface area (Å²) in [6.07, 6.45) is 0.834. The first-order valence-electron chi connectivity index (χ1n) is 9.43. The minimum atomic E-state index is -0.589. The predicted molar refractivity (Wildman–Crippen MR) is 117 cm³/mol. The van der Waals surface area contributed by atoms with Crippen LogP contribution in [0.3, 0.4) is 0 Å². The molecule has 1 N–H and O–H groups in total. The largest absolute Gasteiger partial charge is 0.352 e. The lowest BCUT2D eigenvalue weighted by molar-refractivity contribution is -0.138. The topological polar surface area (TPSA) is 49.4 Å². The summed E-state index contributed by atoms with van der Waals surface area (Å²) in [5.41, 5.74) is 0.824. The number of hydrogen-bond acceptors (Lipinski definition) is 3. The first-order chi connectivity index (χ1) is 13.4. The van der Waals surface area contributed by atoms with Crippen LogP contribution in [0.25, 0.3) is 0 Å². The Labute approximate surface area is 176 Å². The molecule has 2 atom stereocenters. The fourth-order valence-corrected chi connectivity index (χ4v) is 3.60. The standard InChI is InChI=1S/C22H27ClN2O2S/c1-4-16(2)24-22(27)17(3)25(14-18-10-8-9-13-20(18)23)21(26)15-28-19-11-6-5-7-12-19/h5-13,16-17H,4,14-15H2,1-3H3,(H,24,27)/t16-,17+/m1/s1. The number of carbonyl (C=O) groups is 2. The SMILES string of the molecule is CC[C@@H](C)NC(=O)[C@H](C)N(Cc1ccccc1Cl)C(=O)CSc1ccccc1. The zero-order valence-electron chi connectivity index (χ0n) is 16.5. The number of amides is 2. The number of thioether (sulfide) groups is 1. The quantitative estimate of drug-likeness (QED) is 0.597. The van der Waals surface area contributed by atoms with E-state index in [1.807, 2.05) is 62.4 Å². The van der Waals surface area contributed by atoms with Gasteiger partial charge < -0.3 is 10.2 Å². The van der Waals surface area contributed by atoms with Crippen molar-refractivity contribution in [3.05, 3.63) is 65.2 Å². The second-order valence-corrected chi connectivity index (χ2v) is 8.16. The molecule has 2 aromatic carbocycles. The summed E-state index contributed by atoms with van der Waals surface area (Å²) < 4.78 is 0. The van der Waals surface area contributed by atoms with Crippen LogP contribution in [0.4, 0.5) is 0 Å².